The second kappa shape index (κ2) is 8.78. The van der Waals surface area contributed by atoms with E-state index in [9.17, 15) is 19.1 Å². The average molecular weight is 458 g/mol. The molecule has 0 bridgehead atoms. The van der Waals surface area contributed by atoms with Crippen molar-refractivity contribution in [3.63, 3.8) is 0 Å². The number of aliphatic hydroxyl groups is 1. The molecular formula is C28H24FNO4. The third-order valence-corrected chi connectivity index (χ3v) is 6.39. The fourth-order valence-electron chi connectivity index (χ4n) is 4.75. The number of likely N-dealkylation sites (tertiary alicyclic amines) is 1. The third kappa shape index (κ3) is 3.85. The van der Waals surface area contributed by atoms with Crippen LogP contribution in [0.15, 0.2) is 78.4 Å². The van der Waals surface area contributed by atoms with Crippen molar-refractivity contribution >= 4 is 17.4 Å². The summed E-state index contributed by atoms with van der Waals surface area (Å²) in [5, 5.41) is 11.2. The minimum atomic E-state index is -1.02. The van der Waals surface area contributed by atoms with E-state index in [-0.39, 0.29) is 29.5 Å². The summed E-state index contributed by atoms with van der Waals surface area (Å²) in [6.07, 6.45) is 1.19. The number of fused-ring (bicyclic) bond motifs is 1. The number of hydrogen-bond donors (Lipinski definition) is 1. The molecule has 0 spiro atoms. The van der Waals surface area contributed by atoms with E-state index in [0.717, 1.165) is 16.9 Å². The fourth-order valence-corrected chi connectivity index (χ4v) is 4.75. The van der Waals surface area contributed by atoms with Gasteiger partial charge in [-0.25, -0.2) is 4.39 Å². The minimum absolute atomic E-state index is 0.0226. The maximum absolute atomic E-state index is 14.9. The maximum atomic E-state index is 14.9. The van der Waals surface area contributed by atoms with Crippen LogP contribution in [0.25, 0.3) is 5.76 Å². The van der Waals surface area contributed by atoms with E-state index in [1.807, 2.05) is 37.3 Å². The van der Waals surface area contributed by atoms with Gasteiger partial charge in [0.05, 0.1) is 11.6 Å². The van der Waals surface area contributed by atoms with E-state index in [0.29, 0.717) is 18.4 Å². The van der Waals surface area contributed by atoms with Gasteiger partial charge in [0.2, 0.25) is 0 Å². The topological polar surface area (TPSA) is 66.8 Å². The normalized spacial score (nSPS) is 20.9. The Hall–Kier alpha value is -3.93. The number of hydrogen-bond acceptors (Lipinski definition) is 4. The Labute approximate surface area is 197 Å². The van der Waals surface area contributed by atoms with Crippen LogP contribution in [0, 0.1) is 5.82 Å². The lowest BCUT2D eigenvalue weighted by Gasteiger charge is -2.25. The molecular weight excluding hydrogens is 433 g/mol. The summed E-state index contributed by atoms with van der Waals surface area (Å²) in [4.78, 5) is 27.6. The standard InChI is InChI=1S/C28H24FNO4/c1-17-15-20-16-19(11-12-23(20)34-17)26(31)24-25(21-9-5-6-10-22(21)29)30(28(33)27(24)32)14-13-18-7-3-2-4-8-18/h2-12,16-17,25,31H,13-15H2,1H3. The Morgan fingerprint density at radius 1 is 1.06 bits per heavy atom. The molecule has 1 amide bonds. The van der Waals surface area contributed by atoms with Crippen molar-refractivity contribution in [2.75, 3.05) is 6.54 Å². The van der Waals surface area contributed by atoms with E-state index in [1.54, 1.807) is 36.4 Å². The number of benzene rings is 3. The number of aliphatic hydroxyl groups excluding tert-OH is 1. The van der Waals surface area contributed by atoms with Gasteiger partial charge in [-0.3, -0.25) is 9.59 Å². The third-order valence-electron chi connectivity index (χ3n) is 6.39. The molecule has 0 aromatic heterocycles. The van der Waals surface area contributed by atoms with Crippen molar-refractivity contribution < 1.29 is 23.8 Å². The molecule has 2 unspecified atom stereocenters. The molecule has 6 heteroatoms. The SMILES string of the molecule is CC1Cc2cc(C(O)=C3C(=O)C(=O)N(CCc4ccccc4)C3c3ccccc3F)ccc2O1. The molecule has 1 N–H and O–H groups in total. The van der Waals surface area contributed by atoms with Gasteiger partial charge >= 0.3 is 0 Å². The Morgan fingerprint density at radius 2 is 1.79 bits per heavy atom. The van der Waals surface area contributed by atoms with Crippen molar-refractivity contribution in [2.45, 2.75) is 31.9 Å². The van der Waals surface area contributed by atoms with Gasteiger partial charge in [0.15, 0.2) is 0 Å². The number of amides is 1. The molecule has 5 rings (SSSR count). The highest BCUT2D eigenvalue weighted by molar-refractivity contribution is 6.46. The highest BCUT2D eigenvalue weighted by atomic mass is 19.1. The van der Waals surface area contributed by atoms with Crippen LogP contribution in [0.3, 0.4) is 0 Å². The molecule has 1 saturated heterocycles. The van der Waals surface area contributed by atoms with Crippen LogP contribution in [0.2, 0.25) is 0 Å². The first kappa shape index (κ1) is 21.9. The Bertz CT molecular complexity index is 1300. The summed E-state index contributed by atoms with van der Waals surface area (Å²) in [7, 11) is 0. The van der Waals surface area contributed by atoms with Crippen LogP contribution in [0.1, 0.15) is 35.2 Å². The first-order valence-corrected chi connectivity index (χ1v) is 11.3. The Morgan fingerprint density at radius 3 is 2.56 bits per heavy atom. The molecule has 1 fully saturated rings. The van der Waals surface area contributed by atoms with Gasteiger partial charge in [-0.2, -0.15) is 0 Å². The monoisotopic (exact) mass is 457 g/mol. The molecule has 0 radical (unpaired) electrons. The summed E-state index contributed by atoms with van der Waals surface area (Å²) in [6.45, 7) is 2.16. The zero-order valence-corrected chi connectivity index (χ0v) is 18.7. The summed E-state index contributed by atoms with van der Waals surface area (Å²) < 4.78 is 20.7. The van der Waals surface area contributed by atoms with Crippen LogP contribution in [0.5, 0.6) is 5.75 Å². The van der Waals surface area contributed by atoms with Gasteiger partial charge in [-0.1, -0.05) is 48.5 Å². The molecule has 3 aromatic rings. The van der Waals surface area contributed by atoms with Crippen molar-refractivity contribution in [1.29, 1.82) is 0 Å². The molecule has 5 nitrogen and oxygen atoms in total. The largest absolute Gasteiger partial charge is 0.507 e. The van der Waals surface area contributed by atoms with Gasteiger partial charge in [0.1, 0.15) is 23.4 Å². The van der Waals surface area contributed by atoms with E-state index in [1.165, 1.54) is 11.0 Å². The first-order chi connectivity index (χ1) is 16.4. The lowest BCUT2D eigenvalue weighted by Crippen LogP contribution is -2.32. The van der Waals surface area contributed by atoms with Crippen molar-refractivity contribution in [3.8, 4) is 5.75 Å². The number of carbonyl (C=O) groups is 2. The average Bonchev–Trinajstić information content (AvgIpc) is 3.33. The van der Waals surface area contributed by atoms with Crippen LogP contribution in [-0.4, -0.2) is 34.3 Å². The zero-order chi connectivity index (χ0) is 23.8. The predicted octanol–water partition coefficient (Wildman–Crippen LogP) is 4.81. The summed E-state index contributed by atoms with van der Waals surface area (Å²) in [6, 6.07) is 19.8. The van der Waals surface area contributed by atoms with Crippen molar-refractivity contribution in [1.82, 2.24) is 4.90 Å². The molecule has 3 aromatic carbocycles. The van der Waals surface area contributed by atoms with E-state index in [2.05, 4.69) is 0 Å². The predicted molar refractivity (Wildman–Crippen MR) is 126 cm³/mol. The van der Waals surface area contributed by atoms with Crippen molar-refractivity contribution in [3.05, 3.63) is 106 Å². The number of ether oxygens (including phenoxy) is 1. The summed E-state index contributed by atoms with van der Waals surface area (Å²) >= 11 is 0. The van der Waals surface area contributed by atoms with E-state index in [4.69, 9.17) is 4.74 Å². The van der Waals surface area contributed by atoms with Gasteiger partial charge in [0, 0.05) is 24.1 Å². The molecule has 2 heterocycles. The van der Waals surface area contributed by atoms with E-state index < -0.39 is 23.5 Å². The number of carbonyl (C=O) groups excluding carboxylic acids is 2. The maximum Gasteiger partial charge on any atom is 0.295 e. The number of nitrogens with zero attached hydrogens (tertiary/aromatic N) is 1. The molecule has 172 valence electrons. The molecule has 0 saturated carbocycles. The van der Waals surface area contributed by atoms with Gasteiger partial charge in [-0.15, -0.1) is 0 Å². The lowest BCUT2D eigenvalue weighted by atomic mass is 9.94. The van der Waals surface area contributed by atoms with Crippen LogP contribution >= 0.6 is 0 Å². The summed E-state index contributed by atoms with van der Waals surface area (Å²) in [5.41, 5.74) is 2.38. The Kier molecular flexibility index (Phi) is 5.65. The van der Waals surface area contributed by atoms with Gasteiger partial charge in [0.25, 0.3) is 11.7 Å². The zero-order valence-electron chi connectivity index (χ0n) is 18.7. The molecule has 2 atom stereocenters. The number of halogens is 1. The number of Topliss-reactive ketones (excluding diaryl/α,β-unsaturated/α-hetero) is 1. The smallest absolute Gasteiger partial charge is 0.295 e. The Balaban J connectivity index is 1.59. The minimum Gasteiger partial charge on any atom is -0.507 e. The van der Waals surface area contributed by atoms with Crippen LogP contribution < -0.4 is 4.74 Å². The molecule has 0 aliphatic carbocycles. The second-order valence-corrected chi connectivity index (χ2v) is 8.70. The fraction of sp³-hybridized carbons (Fsp3) is 0.214. The van der Waals surface area contributed by atoms with Gasteiger partial charge < -0.3 is 14.7 Å². The molecule has 2 aliphatic heterocycles. The highest BCUT2D eigenvalue weighted by Gasteiger charge is 2.46. The number of rotatable bonds is 5. The lowest BCUT2D eigenvalue weighted by molar-refractivity contribution is -0.139. The van der Waals surface area contributed by atoms with Crippen LogP contribution in [-0.2, 0) is 22.4 Å². The molecule has 2 aliphatic rings. The van der Waals surface area contributed by atoms with Gasteiger partial charge in [-0.05, 0) is 48.7 Å². The highest BCUT2D eigenvalue weighted by Crippen LogP contribution is 2.41. The number of ketones is 1. The van der Waals surface area contributed by atoms with Crippen molar-refractivity contribution in [2.24, 2.45) is 0 Å². The molecule has 34 heavy (non-hydrogen) atoms. The first-order valence-electron chi connectivity index (χ1n) is 11.3. The van der Waals surface area contributed by atoms with Crippen LogP contribution in [0.4, 0.5) is 4.39 Å². The summed E-state index contributed by atoms with van der Waals surface area (Å²) in [5.74, 6) is -1.68. The quantitative estimate of drug-likeness (QED) is 0.339. The second-order valence-electron chi connectivity index (χ2n) is 8.70. The van der Waals surface area contributed by atoms with E-state index >= 15 is 0 Å².